The number of nitrogens with zero attached hydrogens (tertiary/aromatic N) is 4. The van der Waals surface area contributed by atoms with Gasteiger partial charge in [-0.3, -0.25) is 9.59 Å². The fraction of sp³-hybridized carbons (Fsp3) is 0.303. The summed E-state index contributed by atoms with van der Waals surface area (Å²) in [5, 5.41) is 13.7. The largest absolute Gasteiger partial charge is 0.392 e. The summed E-state index contributed by atoms with van der Waals surface area (Å²) in [5.41, 5.74) is 6.48. The van der Waals surface area contributed by atoms with Crippen LogP contribution in [0.1, 0.15) is 27.0 Å². The lowest BCUT2D eigenvalue weighted by atomic mass is 9.94. The molecule has 1 aliphatic heterocycles. The van der Waals surface area contributed by atoms with Crippen molar-refractivity contribution in [2.75, 3.05) is 56.1 Å². The van der Waals surface area contributed by atoms with Gasteiger partial charge in [-0.25, -0.2) is 4.98 Å². The zero-order chi connectivity index (χ0) is 30.5. The highest BCUT2D eigenvalue weighted by Crippen LogP contribution is 2.35. The Balaban J connectivity index is 1.43. The maximum Gasteiger partial charge on any atom is 0.274 e. The van der Waals surface area contributed by atoms with Crippen molar-refractivity contribution in [3.05, 3.63) is 99.6 Å². The molecule has 0 bridgehead atoms. The number of pyridine rings is 2. The molecule has 0 unspecified atom stereocenters. The fourth-order valence-electron chi connectivity index (χ4n) is 5.25. The van der Waals surface area contributed by atoms with E-state index in [1.807, 2.05) is 55.4 Å². The van der Waals surface area contributed by atoms with Gasteiger partial charge in [-0.05, 0) is 59.5 Å². The summed E-state index contributed by atoms with van der Waals surface area (Å²) in [6.45, 7) is 1.65. The molecular weight excluding hydrogens is 546 g/mol. The van der Waals surface area contributed by atoms with Crippen molar-refractivity contribution in [2.45, 2.75) is 19.6 Å². The Morgan fingerprint density at radius 1 is 1.05 bits per heavy atom. The predicted molar refractivity (Wildman–Crippen MR) is 168 cm³/mol. The number of nitrogens with one attached hydrogen (secondary N) is 1. The first-order valence-corrected chi connectivity index (χ1v) is 14.1. The van der Waals surface area contributed by atoms with E-state index >= 15 is 0 Å². The molecule has 10 heteroatoms. The fourth-order valence-corrected chi connectivity index (χ4v) is 5.25. The average Bonchev–Trinajstić information content (AvgIpc) is 3.01. The van der Waals surface area contributed by atoms with Crippen LogP contribution < -0.4 is 20.7 Å². The molecule has 0 spiro atoms. The van der Waals surface area contributed by atoms with Gasteiger partial charge in [-0.2, -0.15) is 0 Å². The lowest BCUT2D eigenvalue weighted by Gasteiger charge is -2.31. The van der Waals surface area contributed by atoms with Gasteiger partial charge >= 0.3 is 0 Å². The number of anilines is 4. The highest BCUT2D eigenvalue weighted by molar-refractivity contribution is 6.09. The summed E-state index contributed by atoms with van der Waals surface area (Å²) in [5.74, 6) is 0.417. The Kier molecular flexibility index (Phi) is 9.20. The van der Waals surface area contributed by atoms with Crippen LogP contribution in [0.3, 0.4) is 0 Å². The number of amides is 1. The summed E-state index contributed by atoms with van der Waals surface area (Å²) in [4.78, 5) is 34.9. The number of methoxy groups -OCH3 is 1. The molecule has 1 amide bonds. The number of aryl methyl sites for hydroxylation is 1. The monoisotopic (exact) mass is 583 g/mol. The SMILES string of the molecule is COCCOCc1ccc(Nc2cc(-c3cccc(N4CCc5cc(N(C)C)ccc5C4=O)c3CO)cn(C)c2=O)nc1. The number of rotatable bonds is 11. The highest BCUT2D eigenvalue weighted by atomic mass is 16.5. The quantitative estimate of drug-likeness (QED) is 0.254. The number of aliphatic hydroxyl groups excluding tert-OH is 1. The first-order valence-electron chi connectivity index (χ1n) is 14.1. The summed E-state index contributed by atoms with van der Waals surface area (Å²) in [6.07, 6.45) is 4.14. The van der Waals surface area contributed by atoms with Crippen LogP contribution >= 0.6 is 0 Å². The minimum Gasteiger partial charge on any atom is -0.392 e. The number of ether oxygens (including phenoxy) is 2. The molecule has 43 heavy (non-hydrogen) atoms. The number of hydrogen-bond acceptors (Lipinski definition) is 8. The maximum atomic E-state index is 13.6. The van der Waals surface area contributed by atoms with Crippen LogP contribution in [0.4, 0.5) is 22.9 Å². The Labute approximate surface area is 251 Å². The molecule has 3 heterocycles. The van der Waals surface area contributed by atoms with Crippen molar-refractivity contribution in [3.63, 3.8) is 0 Å². The van der Waals surface area contributed by atoms with Crippen LogP contribution in [0.25, 0.3) is 11.1 Å². The third kappa shape index (κ3) is 6.46. The van der Waals surface area contributed by atoms with E-state index in [0.29, 0.717) is 61.1 Å². The third-order valence-electron chi connectivity index (χ3n) is 7.57. The van der Waals surface area contributed by atoms with Crippen LogP contribution in [-0.2, 0) is 36.2 Å². The second-order valence-corrected chi connectivity index (χ2v) is 10.7. The van der Waals surface area contributed by atoms with Gasteiger partial charge in [-0.15, -0.1) is 0 Å². The van der Waals surface area contributed by atoms with E-state index in [1.165, 1.54) is 4.57 Å². The van der Waals surface area contributed by atoms with Gasteiger partial charge in [0.15, 0.2) is 0 Å². The van der Waals surface area contributed by atoms with Crippen LogP contribution in [-0.4, -0.2) is 61.5 Å². The molecule has 2 aromatic heterocycles. The second-order valence-electron chi connectivity index (χ2n) is 10.7. The number of fused-ring (bicyclic) bond motifs is 1. The second kappa shape index (κ2) is 13.2. The zero-order valence-corrected chi connectivity index (χ0v) is 25.0. The Morgan fingerprint density at radius 3 is 2.60 bits per heavy atom. The van der Waals surface area contributed by atoms with Crippen LogP contribution in [0, 0.1) is 0 Å². The van der Waals surface area contributed by atoms with E-state index in [2.05, 4.69) is 16.4 Å². The van der Waals surface area contributed by atoms with Gasteiger partial charge < -0.3 is 34.3 Å². The zero-order valence-electron chi connectivity index (χ0n) is 25.0. The molecule has 0 saturated heterocycles. The normalized spacial score (nSPS) is 12.8. The van der Waals surface area contributed by atoms with Crippen LogP contribution in [0.5, 0.6) is 0 Å². The molecule has 2 aromatic carbocycles. The van der Waals surface area contributed by atoms with E-state index < -0.39 is 0 Å². The molecule has 0 saturated carbocycles. The molecule has 0 fully saturated rings. The Morgan fingerprint density at radius 2 is 1.88 bits per heavy atom. The Hall–Kier alpha value is -4.51. The molecule has 4 aromatic rings. The van der Waals surface area contributed by atoms with Gasteiger partial charge in [0.1, 0.15) is 11.5 Å². The highest BCUT2D eigenvalue weighted by Gasteiger charge is 2.28. The van der Waals surface area contributed by atoms with E-state index in [1.54, 1.807) is 43.6 Å². The number of benzene rings is 2. The number of carbonyl (C=O) groups is 1. The number of aromatic nitrogens is 2. The summed E-state index contributed by atoms with van der Waals surface area (Å²) >= 11 is 0. The van der Waals surface area contributed by atoms with E-state index in [0.717, 1.165) is 27.9 Å². The minimum atomic E-state index is -0.275. The molecule has 10 nitrogen and oxygen atoms in total. The Bertz CT molecular complexity index is 1670. The van der Waals surface area contributed by atoms with Gasteiger partial charge in [0.25, 0.3) is 11.5 Å². The minimum absolute atomic E-state index is 0.0974. The number of hydrogen-bond donors (Lipinski definition) is 2. The number of aliphatic hydroxyl groups is 1. The van der Waals surface area contributed by atoms with Crippen molar-refractivity contribution in [2.24, 2.45) is 7.05 Å². The molecule has 5 rings (SSSR count). The standard InChI is InChI=1S/C33H37N5O5/c1-36(2)25-9-10-27-23(16-25)12-13-38(32(27)40)30-7-5-6-26(28(30)20-39)24-17-29(33(41)37(3)19-24)35-31-11-8-22(18-34-31)21-43-15-14-42-4/h5-11,16-19,39H,12-15,20-21H2,1-4H3,(H,34,35). The van der Waals surface area contributed by atoms with E-state index in [9.17, 15) is 14.7 Å². The topological polar surface area (TPSA) is 109 Å². The molecular formula is C33H37N5O5. The molecule has 224 valence electrons. The molecule has 0 radical (unpaired) electrons. The molecule has 1 aliphatic rings. The maximum absolute atomic E-state index is 13.6. The third-order valence-corrected chi connectivity index (χ3v) is 7.57. The lowest BCUT2D eigenvalue weighted by Crippen LogP contribution is -2.38. The van der Waals surface area contributed by atoms with Crippen molar-refractivity contribution < 1.29 is 19.4 Å². The van der Waals surface area contributed by atoms with Crippen LogP contribution in [0.2, 0.25) is 0 Å². The number of carbonyl (C=O) groups excluding carboxylic acids is 1. The molecule has 0 aliphatic carbocycles. The van der Waals surface area contributed by atoms with Crippen molar-refractivity contribution in [3.8, 4) is 11.1 Å². The first kappa shape index (κ1) is 30.0. The van der Waals surface area contributed by atoms with Crippen molar-refractivity contribution in [1.29, 1.82) is 0 Å². The average molecular weight is 584 g/mol. The van der Waals surface area contributed by atoms with Crippen molar-refractivity contribution >= 4 is 28.8 Å². The smallest absolute Gasteiger partial charge is 0.274 e. The summed E-state index contributed by atoms with van der Waals surface area (Å²) in [6, 6.07) is 16.9. The van der Waals surface area contributed by atoms with Crippen molar-refractivity contribution in [1.82, 2.24) is 9.55 Å². The molecule has 0 atom stereocenters. The lowest BCUT2D eigenvalue weighted by molar-refractivity contribution is 0.0615. The van der Waals surface area contributed by atoms with Gasteiger partial charge in [0, 0.05) is 69.6 Å². The van der Waals surface area contributed by atoms with E-state index in [-0.39, 0.29) is 18.1 Å². The van der Waals surface area contributed by atoms with Gasteiger partial charge in [0.05, 0.1) is 32.1 Å². The van der Waals surface area contributed by atoms with Gasteiger partial charge in [-0.1, -0.05) is 18.2 Å². The van der Waals surface area contributed by atoms with Gasteiger partial charge in [0.2, 0.25) is 0 Å². The van der Waals surface area contributed by atoms with Crippen LogP contribution in [0.15, 0.2) is 71.8 Å². The summed E-state index contributed by atoms with van der Waals surface area (Å²) < 4.78 is 12.0. The first-order chi connectivity index (χ1) is 20.8. The molecule has 2 N–H and O–H groups in total. The van der Waals surface area contributed by atoms with E-state index in [4.69, 9.17) is 9.47 Å². The summed E-state index contributed by atoms with van der Waals surface area (Å²) in [7, 11) is 7.26. The predicted octanol–water partition coefficient (Wildman–Crippen LogP) is 4.12.